The van der Waals surface area contributed by atoms with Crippen molar-refractivity contribution in [3.05, 3.63) is 0 Å². The first kappa shape index (κ1) is 9.20. The lowest BCUT2D eigenvalue weighted by molar-refractivity contribution is 0.361. The maximum Gasteiger partial charge on any atom is 0.0362 e. The van der Waals surface area contributed by atoms with Crippen LogP contribution in [0.1, 0.15) is 19.8 Å². The van der Waals surface area contributed by atoms with Crippen LogP contribution in [-0.2, 0) is 10.8 Å². The molecule has 66 valence electrons. The fraction of sp³-hybridized carbons (Fsp3) is 1.00. The lowest BCUT2D eigenvalue weighted by Crippen LogP contribution is -2.24. The second kappa shape index (κ2) is 4.88. The van der Waals surface area contributed by atoms with Gasteiger partial charge in [-0.25, -0.2) is 0 Å². The van der Waals surface area contributed by atoms with Crippen molar-refractivity contribution >= 4 is 10.8 Å². The van der Waals surface area contributed by atoms with Crippen LogP contribution in [0.15, 0.2) is 0 Å². The molecule has 2 nitrogen and oxygen atoms in total. The third kappa shape index (κ3) is 3.34. The van der Waals surface area contributed by atoms with E-state index in [1.165, 1.54) is 25.9 Å². The van der Waals surface area contributed by atoms with E-state index in [4.69, 9.17) is 0 Å². The van der Waals surface area contributed by atoms with Crippen LogP contribution in [0.4, 0.5) is 0 Å². The molecule has 11 heavy (non-hydrogen) atoms. The van der Waals surface area contributed by atoms with Gasteiger partial charge in [-0.1, -0.05) is 6.92 Å². The first-order chi connectivity index (χ1) is 5.33. The number of nitrogens with zero attached hydrogens (tertiary/aromatic N) is 1. The van der Waals surface area contributed by atoms with Gasteiger partial charge in [-0.2, -0.15) is 0 Å². The number of rotatable bonds is 4. The van der Waals surface area contributed by atoms with Crippen molar-refractivity contribution in [2.24, 2.45) is 0 Å². The Bertz CT molecular complexity index is 132. The van der Waals surface area contributed by atoms with Gasteiger partial charge < -0.3 is 4.90 Å². The van der Waals surface area contributed by atoms with Crippen LogP contribution in [0.2, 0.25) is 0 Å². The molecule has 1 atom stereocenters. The zero-order chi connectivity index (χ0) is 8.10. The van der Waals surface area contributed by atoms with Crippen LogP contribution < -0.4 is 0 Å². The van der Waals surface area contributed by atoms with Crippen molar-refractivity contribution in [1.29, 1.82) is 0 Å². The summed E-state index contributed by atoms with van der Waals surface area (Å²) >= 11 is 0. The third-order valence-electron chi connectivity index (χ3n) is 2.16. The summed E-state index contributed by atoms with van der Waals surface area (Å²) in [5.41, 5.74) is 0. The molecular formula is C8H17NOS. The first-order valence-electron chi connectivity index (χ1n) is 4.40. The van der Waals surface area contributed by atoms with Crippen LogP contribution >= 0.6 is 0 Å². The lowest BCUT2D eigenvalue weighted by atomic mass is 10.4. The summed E-state index contributed by atoms with van der Waals surface area (Å²) in [6.45, 7) is 5.47. The van der Waals surface area contributed by atoms with E-state index in [0.717, 1.165) is 18.1 Å². The van der Waals surface area contributed by atoms with E-state index < -0.39 is 10.8 Å². The van der Waals surface area contributed by atoms with Crippen LogP contribution in [0.5, 0.6) is 0 Å². The molecule has 1 saturated heterocycles. The zero-order valence-corrected chi connectivity index (χ0v) is 8.03. The molecule has 0 aromatic carbocycles. The molecule has 0 N–H and O–H groups in total. The molecule has 1 aliphatic heterocycles. The molecule has 1 aliphatic rings. The van der Waals surface area contributed by atoms with Gasteiger partial charge in [0.15, 0.2) is 0 Å². The van der Waals surface area contributed by atoms with Gasteiger partial charge >= 0.3 is 0 Å². The van der Waals surface area contributed by atoms with Gasteiger partial charge in [-0.3, -0.25) is 4.21 Å². The van der Waals surface area contributed by atoms with E-state index in [1.807, 2.05) is 6.92 Å². The summed E-state index contributed by atoms with van der Waals surface area (Å²) in [5, 5.41) is 0. The largest absolute Gasteiger partial charge is 0.302 e. The van der Waals surface area contributed by atoms with Crippen LogP contribution in [0.3, 0.4) is 0 Å². The highest BCUT2D eigenvalue weighted by atomic mass is 32.2. The van der Waals surface area contributed by atoms with E-state index in [-0.39, 0.29) is 0 Å². The first-order valence-corrected chi connectivity index (χ1v) is 5.89. The lowest BCUT2D eigenvalue weighted by Gasteiger charge is -2.12. The minimum atomic E-state index is -0.565. The molecule has 1 rings (SSSR count). The van der Waals surface area contributed by atoms with Gasteiger partial charge in [0, 0.05) is 28.9 Å². The average molecular weight is 175 g/mol. The Morgan fingerprint density at radius 3 is 2.55 bits per heavy atom. The molecular weight excluding hydrogens is 158 g/mol. The highest BCUT2D eigenvalue weighted by Crippen LogP contribution is 2.06. The van der Waals surface area contributed by atoms with E-state index in [2.05, 4.69) is 4.90 Å². The van der Waals surface area contributed by atoms with Gasteiger partial charge in [-0.15, -0.1) is 0 Å². The Balaban J connectivity index is 2.06. The van der Waals surface area contributed by atoms with Gasteiger partial charge in [0.05, 0.1) is 0 Å². The van der Waals surface area contributed by atoms with E-state index in [9.17, 15) is 4.21 Å². The predicted molar refractivity (Wildman–Crippen MR) is 49.2 cm³/mol. The molecule has 0 aromatic heterocycles. The second-order valence-electron chi connectivity index (χ2n) is 2.98. The molecule has 0 amide bonds. The standard InChI is InChI=1S/C8H17NOS/c1-2-11(10)8-7-9-5-3-4-6-9/h2-8H2,1H3. The molecule has 3 heteroatoms. The molecule has 0 aromatic rings. The number of hydrogen-bond donors (Lipinski definition) is 0. The van der Waals surface area contributed by atoms with Crippen molar-refractivity contribution in [2.75, 3.05) is 31.1 Å². The molecule has 0 bridgehead atoms. The number of hydrogen-bond acceptors (Lipinski definition) is 2. The molecule has 0 saturated carbocycles. The molecule has 0 aliphatic carbocycles. The van der Waals surface area contributed by atoms with Crippen LogP contribution in [-0.4, -0.2) is 40.2 Å². The normalized spacial score (nSPS) is 22.3. The average Bonchev–Trinajstić information content (AvgIpc) is 2.52. The number of likely N-dealkylation sites (tertiary alicyclic amines) is 1. The molecule has 1 fully saturated rings. The van der Waals surface area contributed by atoms with Crippen molar-refractivity contribution in [3.63, 3.8) is 0 Å². The molecule has 1 unspecified atom stereocenters. The Kier molecular flexibility index (Phi) is 4.08. The maximum absolute atomic E-state index is 11.1. The SMILES string of the molecule is CCS(=O)CCN1CCCC1. The predicted octanol–water partition coefficient (Wildman–Crippen LogP) is 0.851. The minimum absolute atomic E-state index is 0.565. The smallest absolute Gasteiger partial charge is 0.0362 e. The Hall–Kier alpha value is 0.110. The zero-order valence-electron chi connectivity index (χ0n) is 7.21. The van der Waals surface area contributed by atoms with Crippen molar-refractivity contribution in [3.8, 4) is 0 Å². The van der Waals surface area contributed by atoms with Crippen molar-refractivity contribution in [1.82, 2.24) is 4.90 Å². The molecule has 1 heterocycles. The van der Waals surface area contributed by atoms with E-state index in [1.54, 1.807) is 0 Å². The highest BCUT2D eigenvalue weighted by molar-refractivity contribution is 7.84. The second-order valence-corrected chi connectivity index (χ2v) is 4.85. The van der Waals surface area contributed by atoms with E-state index in [0.29, 0.717) is 0 Å². The molecule has 0 radical (unpaired) electrons. The van der Waals surface area contributed by atoms with Gasteiger partial charge in [-0.05, 0) is 25.9 Å². The Morgan fingerprint density at radius 2 is 2.00 bits per heavy atom. The summed E-state index contributed by atoms with van der Waals surface area (Å²) < 4.78 is 11.1. The minimum Gasteiger partial charge on any atom is -0.302 e. The summed E-state index contributed by atoms with van der Waals surface area (Å²) in [4.78, 5) is 2.41. The Labute approximate surface area is 71.4 Å². The van der Waals surface area contributed by atoms with Gasteiger partial charge in [0.25, 0.3) is 0 Å². The summed E-state index contributed by atoms with van der Waals surface area (Å²) in [6.07, 6.45) is 2.66. The third-order valence-corrected chi connectivity index (χ3v) is 3.44. The summed E-state index contributed by atoms with van der Waals surface area (Å²) in [5.74, 6) is 1.68. The van der Waals surface area contributed by atoms with Crippen molar-refractivity contribution in [2.45, 2.75) is 19.8 Å². The summed E-state index contributed by atoms with van der Waals surface area (Å²) in [6, 6.07) is 0. The fourth-order valence-electron chi connectivity index (χ4n) is 1.38. The van der Waals surface area contributed by atoms with Crippen LogP contribution in [0.25, 0.3) is 0 Å². The highest BCUT2D eigenvalue weighted by Gasteiger charge is 2.11. The quantitative estimate of drug-likeness (QED) is 0.631. The fourth-order valence-corrected chi connectivity index (χ4v) is 2.13. The monoisotopic (exact) mass is 175 g/mol. The Morgan fingerprint density at radius 1 is 1.36 bits per heavy atom. The molecule has 0 spiro atoms. The van der Waals surface area contributed by atoms with Crippen LogP contribution in [0, 0.1) is 0 Å². The van der Waals surface area contributed by atoms with Gasteiger partial charge in [0.2, 0.25) is 0 Å². The van der Waals surface area contributed by atoms with E-state index >= 15 is 0 Å². The topological polar surface area (TPSA) is 20.3 Å². The van der Waals surface area contributed by atoms with Crippen molar-refractivity contribution < 1.29 is 4.21 Å². The summed E-state index contributed by atoms with van der Waals surface area (Å²) in [7, 11) is -0.565. The van der Waals surface area contributed by atoms with Gasteiger partial charge in [0.1, 0.15) is 0 Å². The maximum atomic E-state index is 11.1.